The number of carbonyl (C=O) groups is 1. The Morgan fingerprint density at radius 2 is 2.16 bits per heavy atom. The molecule has 1 amide bonds. The second-order valence-electron chi connectivity index (χ2n) is 5.10. The predicted octanol–water partition coefficient (Wildman–Crippen LogP) is 1.74. The third-order valence-electron chi connectivity index (χ3n) is 3.78. The minimum absolute atomic E-state index is 0.0876. The fraction of sp³-hybridized carbons (Fsp3) is 0.385. The van der Waals surface area contributed by atoms with Crippen LogP contribution in [0.15, 0.2) is 22.8 Å². The molecule has 98 valence electrons. The van der Waals surface area contributed by atoms with Gasteiger partial charge in [0.2, 0.25) is 0 Å². The van der Waals surface area contributed by atoms with Crippen LogP contribution in [-0.2, 0) is 6.54 Å². The summed E-state index contributed by atoms with van der Waals surface area (Å²) in [6, 6.07) is 5.79. The molecule has 0 spiro atoms. The largest absolute Gasteiger partial charge is 0.372 e. The van der Waals surface area contributed by atoms with Crippen molar-refractivity contribution in [1.29, 1.82) is 0 Å². The Kier molecular flexibility index (Phi) is 2.29. The molecule has 2 aromatic heterocycles. The Bertz CT molecular complexity index is 692. The molecule has 1 N–H and O–H groups in total. The molecule has 4 rings (SSSR count). The summed E-state index contributed by atoms with van der Waals surface area (Å²) in [6.07, 6.45) is 1.26. The van der Waals surface area contributed by atoms with Crippen LogP contribution in [0, 0.1) is 0 Å². The van der Waals surface area contributed by atoms with Gasteiger partial charge in [0.05, 0.1) is 17.6 Å². The van der Waals surface area contributed by atoms with Crippen LogP contribution < -0.4 is 0 Å². The van der Waals surface area contributed by atoms with E-state index in [9.17, 15) is 9.90 Å². The minimum Gasteiger partial charge on any atom is -0.372 e. The molecule has 3 heterocycles. The highest BCUT2D eigenvalue weighted by Gasteiger charge is 2.41. The summed E-state index contributed by atoms with van der Waals surface area (Å²) < 4.78 is 2.61. The van der Waals surface area contributed by atoms with Crippen molar-refractivity contribution in [3.63, 3.8) is 0 Å². The Morgan fingerprint density at radius 3 is 2.89 bits per heavy atom. The fourth-order valence-electron chi connectivity index (χ4n) is 2.77. The molecule has 1 aliphatic heterocycles. The van der Waals surface area contributed by atoms with Gasteiger partial charge in [-0.2, -0.15) is 0 Å². The van der Waals surface area contributed by atoms with Crippen molar-refractivity contribution in [3.8, 4) is 0 Å². The van der Waals surface area contributed by atoms with E-state index in [2.05, 4.69) is 20.9 Å². The number of aliphatic hydroxyl groups is 1. The normalized spacial score (nSPS) is 22.9. The number of fused-ring (bicyclic) bond motifs is 3. The molecule has 2 aromatic rings. The van der Waals surface area contributed by atoms with E-state index in [1.807, 2.05) is 22.8 Å². The molecular weight excluding hydrogens is 310 g/mol. The highest BCUT2D eigenvalue weighted by Crippen LogP contribution is 2.34. The van der Waals surface area contributed by atoms with Gasteiger partial charge in [-0.05, 0) is 47.0 Å². The number of aromatic nitrogens is 2. The Balaban J connectivity index is 1.89. The van der Waals surface area contributed by atoms with E-state index in [1.165, 1.54) is 0 Å². The molecule has 1 saturated carbocycles. The molecule has 0 radical (unpaired) electrons. The Morgan fingerprint density at radius 1 is 1.37 bits per heavy atom. The van der Waals surface area contributed by atoms with Gasteiger partial charge in [0.15, 0.2) is 0 Å². The maximum atomic E-state index is 12.5. The number of hydrogen-bond acceptors (Lipinski definition) is 3. The molecule has 2 aliphatic rings. The lowest BCUT2D eigenvalue weighted by Gasteiger charge is -2.33. The van der Waals surface area contributed by atoms with Crippen LogP contribution in [0.2, 0.25) is 0 Å². The zero-order valence-electron chi connectivity index (χ0n) is 10.1. The highest BCUT2D eigenvalue weighted by molar-refractivity contribution is 9.10. The summed E-state index contributed by atoms with van der Waals surface area (Å²) in [7, 11) is 0. The van der Waals surface area contributed by atoms with Gasteiger partial charge < -0.3 is 14.6 Å². The van der Waals surface area contributed by atoms with E-state index in [-0.39, 0.29) is 11.9 Å². The lowest BCUT2D eigenvalue weighted by Crippen LogP contribution is -2.48. The lowest BCUT2D eigenvalue weighted by atomic mass is 10.2. The summed E-state index contributed by atoms with van der Waals surface area (Å²) in [6.45, 7) is 0.421. The van der Waals surface area contributed by atoms with Crippen molar-refractivity contribution in [1.82, 2.24) is 14.5 Å². The zero-order chi connectivity index (χ0) is 13.1. The molecule has 5 nitrogen and oxygen atoms in total. The van der Waals surface area contributed by atoms with Crippen LogP contribution >= 0.6 is 15.9 Å². The van der Waals surface area contributed by atoms with Crippen LogP contribution in [0.3, 0.4) is 0 Å². The summed E-state index contributed by atoms with van der Waals surface area (Å²) in [4.78, 5) is 18.5. The van der Waals surface area contributed by atoms with Crippen molar-refractivity contribution in [3.05, 3.63) is 28.5 Å². The third kappa shape index (κ3) is 1.63. The van der Waals surface area contributed by atoms with Gasteiger partial charge in [-0.15, -0.1) is 0 Å². The third-order valence-corrected chi connectivity index (χ3v) is 4.23. The topological polar surface area (TPSA) is 58.4 Å². The van der Waals surface area contributed by atoms with Gasteiger partial charge in [0.25, 0.3) is 5.91 Å². The van der Waals surface area contributed by atoms with E-state index in [0.717, 1.165) is 28.5 Å². The number of halogens is 1. The number of nitrogens with zero attached hydrogens (tertiary/aromatic N) is 3. The maximum absolute atomic E-state index is 12.5. The average molecular weight is 322 g/mol. The zero-order valence-corrected chi connectivity index (χ0v) is 11.7. The lowest BCUT2D eigenvalue weighted by molar-refractivity contribution is -0.0144. The number of carbonyl (C=O) groups excluding carboxylic acids is 1. The summed E-state index contributed by atoms with van der Waals surface area (Å²) >= 11 is 3.33. The van der Waals surface area contributed by atoms with E-state index < -0.39 is 6.23 Å². The molecule has 0 bridgehead atoms. The molecule has 1 aliphatic carbocycles. The summed E-state index contributed by atoms with van der Waals surface area (Å²) in [5.41, 5.74) is 2.29. The Hall–Kier alpha value is -1.40. The highest BCUT2D eigenvalue weighted by atomic mass is 79.9. The van der Waals surface area contributed by atoms with Crippen molar-refractivity contribution in [2.24, 2.45) is 0 Å². The number of rotatable bonds is 1. The first kappa shape index (κ1) is 11.4. The van der Waals surface area contributed by atoms with Gasteiger partial charge >= 0.3 is 0 Å². The van der Waals surface area contributed by atoms with Crippen molar-refractivity contribution in [2.45, 2.75) is 31.7 Å². The fourth-order valence-corrected chi connectivity index (χ4v) is 3.09. The molecule has 0 saturated heterocycles. The molecule has 0 aromatic carbocycles. The maximum Gasteiger partial charge on any atom is 0.272 e. The van der Waals surface area contributed by atoms with Crippen molar-refractivity contribution in [2.75, 3.05) is 0 Å². The van der Waals surface area contributed by atoms with Crippen LogP contribution in [0.25, 0.3) is 11.0 Å². The first-order valence-corrected chi connectivity index (χ1v) is 7.11. The van der Waals surface area contributed by atoms with E-state index in [4.69, 9.17) is 0 Å². The van der Waals surface area contributed by atoms with Crippen molar-refractivity contribution < 1.29 is 9.90 Å². The SMILES string of the molecule is O=C1c2cc3nc(Br)ccc3n2CC(O)N1C1CC1. The molecule has 1 unspecified atom stereocenters. The second-order valence-corrected chi connectivity index (χ2v) is 5.92. The van der Waals surface area contributed by atoms with Crippen molar-refractivity contribution >= 4 is 32.9 Å². The van der Waals surface area contributed by atoms with Gasteiger partial charge in [-0.1, -0.05) is 0 Å². The van der Waals surface area contributed by atoms with Gasteiger partial charge in [-0.3, -0.25) is 4.79 Å². The summed E-state index contributed by atoms with van der Waals surface area (Å²) in [5.74, 6) is -0.0876. The number of aliphatic hydroxyl groups excluding tert-OH is 1. The standard InChI is InChI=1S/C13H12BrN3O2/c14-11-4-3-9-8(15-11)5-10-13(19)17(7-1-2-7)12(18)6-16(9)10/h3-5,7,12,18H,1-2,6H2. The monoisotopic (exact) mass is 321 g/mol. The van der Waals surface area contributed by atoms with Gasteiger partial charge in [0.1, 0.15) is 16.5 Å². The number of hydrogen-bond donors (Lipinski definition) is 1. The van der Waals surface area contributed by atoms with Crippen LogP contribution in [0.1, 0.15) is 23.3 Å². The minimum atomic E-state index is -0.730. The average Bonchev–Trinajstić information content (AvgIpc) is 3.12. The first-order chi connectivity index (χ1) is 9.15. The van der Waals surface area contributed by atoms with E-state index in [0.29, 0.717) is 12.2 Å². The summed E-state index contributed by atoms with van der Waals surface area (Å²) in [5, 5.41) is 10.2. The van der Waals surface area contributed by atoms with Crippen LogP contribution in [0.4, 0.5) is 0 Å². The molecule has 1 fully saturated rings. The van der Waals surface area contributed by atoms with E-state index >= 15 is 0 Å². The Labute approximate surface area is 118 Å². The van der Waals surface area contributed by atoms with Crippen LogP contribution in [-0.4, -0.2) is 37.7 Å². The molecule has 1 atom stereocenters. The number of pyridine rings is 1. The molecular formula is C13H12BrN3O2. The quantitative estimate of drug-likeness (QED) is 0.814. The second kappa shape index (κ2) is 3.80. The van der Waals surface area contributed by atoms with E-state index in [1.54, 1.807) is 4.90 Å². The first-order valence-electron chi connectivity index (χ1n) is 6.31. The smallest absolute Gasteiger partial charge is 0.272 e. The number of amides is 1. The predicted molar refractivity (Wildman–Crippen MR) is 72.6 cm³/mol. The van der Waals surface area contributed by atoms with Gasteiger partial charge in [-0.25, -0.2) is 4.98 Å². The van der Waals surface area contributed by atoms with Gasteiger partial charge in [0, 0.05) is 6.04 Å². The molecule has 6 heteroatoms. The van der Waals surface area contributed by atoms with Crippen LogP contribution in [0.5, 0.6) is 0 Å². The molecule has 19 heavy (non-hydrogen) atoms.